The van der Waals surface area contributed by atoms with Crippen molar-refractivity contribution in [1.29, 1.82) is 0 Å². The molecule has 0 radical (unpaired) electrons. The third-order valence-corrected chi connectivity index (χ3v) is 3.86. The van der Waals surface area contributed by atoms with Crippen LogP contribution < -0.4 is 5.32 Å². The second kappa shape index (κ2) is 5.69. The first-order valence-corrected chi connectivity index (χ1v) is 6.65. The van der Waals surface area contributed by atoms with Crippen LogP contribution in [0.5, 0.6) is 0 Å². The van der Waals surface area contributed by atoms with Crippen molar-refractivity contribution in [3.05, 3.63) is 23.7 Å². The van der Waals surface area contributed by atoms with Crippen molar-refractivity contribution in [2.75, 3.05) is 26.7 Å². The normalized spacial score (nSPS) is 20.6. The molecule has 2 rings (SSSR count). The lowest BCUT2D eigenvalue weighted by Gasteiger charge is -2.35. The summed E-state index contributed by atoms with van der Waals surface area (Å²) in [5.41, 5.74) is 0. The molecule has 1 unspecified atom stereocenters. The van der Waals surface area contributed by atoms with Gasteiger partial charge in [-0.25, -0.2) is 0 Å². The molecule has 0 bridgehead atoms. The van der Waals surface area contributed by atoms with E-state index in [0.29, 0.717) is 6.04 Å². The van der Waals surface area contributed by atoms with Crippen LogP contribution in [0.15, 0.2) is 16.5 Å². The highest BCUT2D eigenvalue weighted by atomic mass is 16.3. The predicted octanol–water partition coefficient (Wildman–Crippen LogP) is 2.58. The van der Waals surface area contributed by atoms with E-state index in [1.54, 1.807) is 0 Å². The summed E-state index contributed by atoms with van der Waals surface area (Å²) >= 11 is 0. The molecule has 0 aromatic carbocycles. The average Bonchev–Trinajstić information content (AvgIpc) is 2.76. The quantitative estimate of drug-likeness (QED) is 0.871. The zero-order valence-electron chi connectivity index (χ0n) is 11.2. The van der Waals surface area contributed by atoms with Crippen molar-refractivity contribution in [1.82, 2.24) is 10.2 Å². The summed E-state index contributed by atoms with van der Waals surface area (Å²) in [5.74, 6) is 2.97. The van der Waals surface area contributed by atoms with Crippen molar-refractivity contribution in [3.63, 3.8) is 0 Å². The van der Waals surface area contributed by atoms with Gasteiger partial charge in [-0.2, -0.15) is 0 Å². The van der Waals surface area contributed by atoms with Gasteiger partial charge in [0.1, 0.15) is 11.5 Å². The van der Waals surface area contributed by atoms with Crippen molar-refractivity contribution in [3.8, 4) is 0 Å². The molecule has 96 valence electrons. The van der Waals surface area contributed by atoms with E-state index in [-0.39, 0.29) is 0 Å². The largest absolute Gasteiger partial charge is 0.465 e. The van der Waals surface area contributed by atoms with Crippen LogP contribution in [0.3, 0.4) is 0 Å². The molecule has 0 spiro atoms. The number of nitrogens with zero attached hydrogens (tertiary/aromatic N) is 1. The van der Waals surface area contributed by atoms with Crippen LogP contribution in [0, 0.1) is 12.8 Å². The van der Waals surface area contributed by atoms with Gasteiger partial charge in [0.05, 0.1) is 6.04 Å². The third kappa shape index (κ3) is 3.11. The Hall–Kier alpha value is -0.800. The Morgan fingerprint density at radius 1 is 1.41 bits per heavy atom. The molecule has 1 aliphatic rings. The second-order valence-corrected chi connectivity index (χ2v) is 5.16. The monoisotopic (exact) mass is 236 g/mol. The minimum Gasteiger partial charge on any atom is -0.465 e. The topological polar surface area (TPSA) is 28.4 Å². The number of furan rings is 1. The molecule has 1 saturated heterocycles. The maximum absolute atomic E-state index is 5.72. The van der Waals surface area contributed by atoms with Crippen LogP contribution in [0.25, 0.3) is 0 Å². The predicted molar refractivity (Wildman–Crippen MR) is 70.1 cm³/mol. The van der Waals surface area contributed by atoms with Gasteiger partial charge in [0, 0.05) is 0 Å². The number of hydrogen-bond donors (Lipinski definition) is 1. The van der Waals surface area contributed by atoms with E-state index >= 15 is 0 Å². The zero-order chi connectivity index (χ0) is 12.3. The SMILES string of the molecule is CNCC1CCN(C(C)c2ccc(C)o2)CC1. The molecule has 3 nitrogen and oxygen atoms in total. The number of piperidine rings is 1. The summed E-state index contributed by atoms with van der Waals surface area (Å²) in [5, 5.41) is 3.28. The third-order valence-electron chi connectivity index (χ3n) is 3.86. The molecule has 1 N–H and O–H groups in total. The van der Waals surface area contributed by atoms with Crippen molar-refractivity contribution in [2.45, 2.75) is 32.7 Å². The highest BCUT2D eigenvalue weighted by Crippen LogP contribution is 2.27. The van der Waals surface area contributed by atoms with Gasteiger partial charge in [0.15, 0.2) is 0 Å². The first-order valence-electron chi connectivity index (χ1n) is 6.65. The summed E-state index contributed by atoms with van der Waals surface area (Å²) in [6, 6.07) is 4.58. The zero-order valence-corrected chi connectivity index (χ0v) is 11.2. The summed E-state index contributed by atoms with van der Waals surface area (Å²) in [6.07, 6.45) is 2.59. The smallest absolute Gasteiger partial charge is 0.121 e. The number of rotatable bonds is 4. The maximum Gasteiger partial charge on any atom is 0.121 e. The Kier molecular flexibility index (Phi) is 4.24. The fourth-order valence-corrected chi connectivity index (χ4v) is 2.69. The standard InChI is InChI=1S/C14H24N2O/c1-11-4-5-14(17-11)12(2)16-8-6-13(7-9-16)10-15-3/h4-5,12-13,15H,6-10H2,1-3H3. The van der Waals surface area contributed by atoms with Crippen LogP contribution in [-0.4, -0.2) is 31.6 Å². The Morgan fingerprint density at radius 3 is 2.65 bits per heavy atom. The lowest BCUT2D eigenvalue weighted by atomic mass is 9.95. The first kappa shape index (κ1) is 12.7. The Labute approximate surface area is 104 Å². The fraction of sp³-hybridized carbons (Fsp3) is 0.714. The van der Waals surface area contributed by atoms with E-state index in [9.17, 15) is 0 Å². The Morgan fingerprint density at radius 2 is 2.12 bits per heavy atom. The molecular formula is C14H24N2O. The first-order chi connectivity index (χ1) is 8.20. The molecular weight excluding hydrogens is 212 g/mol. The van der Waals surface area contributed by atoms with Gasteiger partial charge in [-0.05, 0) is 71.4 Å². The van der Waals surface area contributed by atoms with Crippen LogP contribution in [0.2, 0.25) is 0 Å². The molecule has 1 aromatic heterocycles. The number of aryl methyl sites for hydroxylation is 1. The summed E-state index contributed by atoms with van der Waals surface area (Å²) in [7, 11) is 2.04. The van der Waals surface area contributed by atoms with Gasteiger partial charge >= 0.3 is 0 Å². The molecule has 0 saturated carbocycles. The minimum atomic E-state index is 0.416. The van der Waals surface area contributed by atoms with E-state index in [0.717, 1.165) is 24.0 Å². The van der Waals surface area contributed by atoms with E-state index in [1.165, 1.54) is 25.9 Å². The van der Waals surface area contributed by atoms with Crippen molar-refractivity contribution in [2.24, 2.45) is 5.92 Å². The second-order valence-electron chi connectivity index (χ2n) is 5.16. The van der Waals surface area contributed by atoms with Gasteiger partial charge in [-0.3, -0.25) is 4.90 Å². The van der Waals surface area contributed by atoms with Crippen molar-refractivity contribution < 1.29 is 4.42 Å². The Bertz CT molecular complexity index is 340. The van der Waals surface area contributed by atoms with Crippen molar-refractivity contribution >= 4 is 0 Å². The molecule has 17 heavy (non-hydrogen) atoms. The average molecular weight is 236 g/mol. The number of hydrogen-bond acceptors (Lipinski definition) is 3. The van der Waals surface area contributed by atoms with Gasteiger partial charge in [-0.1, -0.05) is 0 Å². The van der Waals surface area contributed by atoms with E-state index in [2.05, 4.69) is 29.3 Å². The van der Waals surface area contributed by atoms with Crippen LogP contribution >= 0.6 is 0 Å². The van der Waals surface area contributed by atoms with Gasteiger partial charge < -0.3 is 9.73 Å². The number of likely N-dealkylation sites (tertiary alicyclic amines) is 1. The molecule has 1 fully saturated rings. The van der Waals surface area contributed by atoms with E-state index in [1.807, 2.05) is 14.0 Å². The summed E-state index contributed by atoms with van der Waals surface area (Å²) in [4.78, 5) is 2.53. The molecule has 3 heteroatoms. The lowest BCUT2D eigenvalue weighted by Crippen LogP contribution is -2.38. The molecule has 0 aliphatic carbocycles. The van der Waals surface area contributed by atoms with Gasteiger partial charge in [-0.15, -0.1) is 0 Å². The van der Waals surface area contributed by atoms with E-state index in [4.69, 9.17) is 4.42 Å². The van der Waals surface area contributed by atoms with Gasteiger partial charge in [0.25, 0.3) is 0 Å². The van der Waals surface area contributed by atoms with Gasteiger partial charge in [0.2, 0.25) is 0 Å². The van der Waals surface area contributed by atoms with Crippen LogP contribution in [-0.2, 0) is 0 Å². The molecule has 1 aliphatic heterocycles. The van der Waals surface area contributed by atoms with Crippen LogP contribution in [0.4, 0.5) is 0 Å². The highest BCUT2D eigenvalue weighted by Gasteiger charge is 2.24. The molecule has 0 amide bonds. The fourth-order valence-electron chi connectivity index (χ4n) is 2.69. The highest BCUT2D eigenvalue weighted by molar-refractivity contribution is 5.09. The molecule has 1 atom stereocenters. The number of nitrogens with one attached hydrogen (secondary N) is 1. The summed E-state index contributed by atoms with van der Waals surface area (Å²) < 4.78 is 5.72. The minimum absolute atomic E-state index is 0.416. The molecule has 2 heterocycles. The molecule has 1 aromatic rings. The maximum atomic E-state index is 5.72. The van der Waals surface area contributed by atoms with Crippen LogP contribution in [0.1, 0.15) is 37.3 Å². The summed E-state index contributed by atoms with van der Waals surface area (Å²) in [6.45, 7) is 7.79. The van der Waals surface area contributed by atoms with E-state index < -0.39 is 0 Å². The Balaban J connectivity index is 1.88. The lowest BCUT2D eigenvalue weighted by molar-refractivity contribution is 0.127.